The minimum absolute atomic E-state index is 0.0272. The Kier molecular flexibility index (Phi) is 8.46. The van der Waals surface area contributed by atoms with E-state index in [2.05, 4.69) is 19.2 Å². The van der Waals surface area contributed by atoms with Crippen LogP contribution in [0.4, 0.5) is 0 Å². The van der Waals surface area contributed by atoms with Crippen LogP contribution >= 0.6 is 0 Å². The van der Waals surface area contributed by atoms with E-state index < -0.39 is 11.4 Å². The van der Waals surface area contributed by atoms with Crippen LogP contribution in [-0.2, 0) is 9.59 Å². The lowest BCUT2D eigenvalue weighted by Crippen LogP contribution is -2.46. The number of rotatable bonds is 10. The fourth-order valence-electron chi connectivity index (χ4n) is 2.53. The van der Waals surface area contributed by atoms with Crippen LogP contribution < -0.4 is 11.1 Å². The van der Waals surface area contributed by atoms with Gasteiger partial charge in [-0.15, -0.1) is 0 Å². The van der Waals surface area contributed by atoms with E-state index in [4.69, 9.17) is 10.8 Å². The van der Waals surface area contributed by atoms with Gasteiger partial charge in [0.15, 0.2) is 0 Å². The van der Waals surface area contributed by atoms with Crippen molar-refractivity contribution in [3.63, 3.8) is 0 Å². The van der Waals surface area contributed by atoms with Crippen LogP contribution in [0, 0.1) is 17.3 Å². The molecule has 118 valence electrons. The number of carboxylic acids is 1. The van der Waals surface area contributed by atoms with Crippen molar-refractivity contribution in [3.05, 3.63) is 0 Å². The molecule has 0 saturated heterocycles. The summed E-state index contributed by atoms with van der Waals surface area (Å²) in [5.74, 6) is -0.487. The van der Waals surface area contributed by atoms with Gasteiger partial charge in [-0.25, -0.2) is 0 Å². The molecule has 20 heavy (non-hydrogen) atoms. The molecular weight excluding hydrogens is 256 g/mol. The highest BCUT2D eigenvalue weighted by Gasteiger charge is 2.33. The molecule has 0 rings (SSSR count). The van der Waals surface area contributed by atoms with Crippen LogP contribution in [0.5, 0.6) is 0 Å². The molecule has 0 saturated carbocycles. The number of hydrogen-bond acceptors (Lipinski definition) is 3. The van der Waals surface area contributed by atoms with Gasteiger partial charge in [0.2, 0.25) is 5.91 Å². The van der Waals surface area contributed by atoms with Crippen LogP contribution in [0.3, 0.4) is 0 Å². The Balaban J connectivity index is 4.59. The summed E-state index contributed by atoms with van der Waals surface area (Å²) in [6.07, 6.45) is 2.27. The van der Waals surface area contributed by atoms with Crippen molar-refractivity contribution in [2.24, 2.45) is 23.0 Å². The van der Waals surface area contributed by atoms with Crippen LogP contribution in [0.25, 0.3) is 0 Å². The molecule has 5 nitrogen and oxygen atoms in total. The van der Waals surface area contributed by atoms with Crippen molar-refractivity contribution in [1.82, 2.24) is 5.32 Å². The molecule has 0 aromatic rings. The standard InChI is InChI=1S/C15H30N2O3/c1-5-15(6-2,10-16)14(20)17-9-12(7-11(3)4)8-13(18)19/h11-12H,5-10,16H2,1-4H3,(H,17,20)(H,18,19)/t12-/m0/s1. The van der Waals surface area contributed by atoms with Crippen molar-refractivity contribution >= 4 is 11.9 Å². The first kappa shape index (κ1) is 18.9. The molecule has 4 N–H and O–H groups in total. The van der Waals surface area contributed by atoms with Gasteiger partial charge in [0.1, 0.15) is 0 Å². The minimum Gasteiger partial charge on any atom is -0.481 e. The molecule has 1 atom stereocenters. The predicted molar refractivity (Wildman–Crippen MR) is 80.3 cm³/mol. The van der Waals surface area contributed by atoms with Crippen molar-refractivity contribution in [1.29, 1.82) is 0 Å². The Morgan fingerprint density at radius 3 is 2.15 bits per heavy atom. The second kappa shape index (κ2) is 8.95. The van der Waals surface area contributed by atoms with E-state index in [0.717, 1.165) is 6.42 Å². The summed E-state index contributed by atoms with van der Waals surface area (Å²) < 4.78 is 0. The number of hydrogen-bond donors (Lipinski definition) is 3. The SMILES string of the molecule is CCC(CC)(CN)C(=O)NC[C@H](CC(=O)O)CC(C)C. The molecule has 0 unspecified atom stereocenters. The summed E-state index contributed by atoms with van der Waals surface area (Å²) in [7, 11) is 0. The van der Waals surface area contributed by atoms with Gasteiger partial charge in [0.05, 0.1) is 5.41 Å². The highest BCUT2D eigenvalue weighted by Crippen LogP contribution is 2.25. The first-order valence-corrected chi connectivity index (χ1v) is 7.51. The third kappa shape index (κ3) is 5.90. The molecule has 0 aromatic carbocycles. The summed E-state index contributed by atoms with van der Waals surface area (Å²) in [4.78, 5) is 23.2. The van der Waals surface area contributed by atoms with E-state index in [0.29, 0.717) is 31.8 Å². The molecule has 0 radical (unpaired) electrons. The van der Waals surface area contributed by atoms with E-state index in [1.54, 1.807) is 0 Å². The lowest BCUT2D eigenvalue weighted by Gasteiger charge is -2.29. The Morgan fingerprint density at radius 2 is 1.80 bits per heavy atom. The van der Waals surface area contributed by atoms with Crippen LogP contribution in [0.15, 0.2) is 0 Å². The second-order valence-corrected chi connectivity index (χ2v) is 6.00. The van der Waals surface area contributed by atoms with Gasteiger partial charge in [-0.05, 0) is 31.1 Å². The first-order valence-electron chi connectivity index (χ1n) is 7.51. The van der Waals surface area contributed by atoms with E-state index in [-0.39, 0.29) is 18.2 Å². The minimum atomic E-state index is -0.819. The van der Waals surface area contributed by atoms with E-state index in [9.17, 15) is 9.59 Å². The fourth-order valence-corrected chi connectivity index (χ4v) is 2.53. The maximum atomic E-state index is 12.3. The number of amides is 1. The second-order valence-electron chi connectivity index (χ2n) is 6.00. The monoisotopic (exact) mass is 286 g/mol. The van der Waals surface area contributed by atoms with Gasteiger partial charge in [0, 0.05) is 19.5 Å². The van der Waals surface area contributed by atoms with Gasteiger partial charge in [-0.1, -0.05) is 27.7 Å². The van der Waals surface area contributed by atoms with Gasteiger partial charge in [0.25, 0.3) is 0 Å². The van der Waals surface area contributed by atoms with Gasteiger partial charge in [-0.3, -0.25) is 9.59 Å². The van der Waals surface area contributed by atoms with Crippen LogP contribution in [-0.4, -0.2) is 30.1 Å². The number of carbonyl (C=O) groups excluding carboxylic acids is 1. The third-order valence-corrected chi connectivity index (χ3v) is 4.05. The Hall–Kier alpha value is -1.10. The predicted octanol–water partition coefficient (Wildman–Crippen LogP) is 2.00. The summed E-state index contributed by atoms with van der Waals surface area (Å²) in [6, 6.07) is 0. The topological polar surface area (TPSA) is 92.4 Å². The smallest absolute Gasteiger partial charge is 0.303 e. The lowest BCUT2D eigenvalue weighted by atomic mass is 9.81. The third-order valence-electron chi connectivity index (χ3n) is 4.05. The number of nitrogens with one attached hydrogen (secondary N) is 1. The molecule has 0 aliphatic rings. The molecule has 0 aliphatic carbocycles. The van der Waals surface area contributed by atoms with E-state index >= 15 is 0 Å². The van der Waals surface area contributed by atoms with Crippen molar-refractivity contribution < 1.29 is 14.7 Å². The number of nitrogens with two attached hydrogens (primary N) is 1. The molecule has 0 spiro atoms. The van der Waals surface area contributed by atoms with E-state index in [1.807, 2.05) is 13.8 Å². The summed E-state index contributed by atoms with van der Waals surface area (Å²) in [5.41, 5.74) is 5.22. The van der Waals surface area contributed by atoms with Crippen molar-refractivity contribution in [3.8, 4) is 0 Å². The molecule has 0 bridgehead atoms. The Labute approximate surface area is 122 Å². The molecule has 0 aliphatic heterocycles. The molecule has 0 aromatic heterocycles. The normalized spacial score (nSPS) is 13.3. The van der Waals surface area contributed by atoms with Gasteiger partial charge >= 0.3 is 5.97 Å². The van der Waals surface area contributed by atoms with Crippen LogP contribution in [0.2, 0.25) is 0 Å². The highest BCUT2D eigenvalue weighted by atomic mass is 16.4. The molecule has 0 fully saturated rings. The zero-order valence-corrected chi connectivity index (χ0v) is 13.2. The summed E-state index contributed by atoms with van der Waals surface area (Å²) in [5, 5.41) is 11.8. The summed E-state index contributed by atoms with van der Waals surface area (Å²) in [6.45, 7) is 8.75. The number of carboxylic acid groups (broad SMARTS) is 1. The molecule has 5 heteroatoms. The lowest BCUT2D eigenvalue weighted by molar-refractivity contribution is -0.139. The fraction of sp³-hybridized carbons (Fsp3) is 0.867. The Bertz CT molecular complexity index is 304. The molecule has 0 heterocycles. The average molecular weight is 286 g/mol. The van der Waals surface area contributed by atoms with Gasteiger partial charge < -0.3 is 16.2 Å². The highest BCUT2D eigenvalue weighted by molar-refractivity contribution is 5.82. The number of aliphatic carboxylic acids is 1. The zero-order chi connectivity index (χ0) is 15.8. The zero-order valence-electron chi connectivity index (χ0n) is 13.2. The Morgan fingerprint density at radius 1 is 1.25 bits per heavy atom. The van der Waals surface area contributed by atoms with Crippen LogP contribution in [0.1, 0.15) is 53.4 Å². The van der Waals surface area contributed by atoms with E-state index in [1.165, 1.54) is 0 Å². The maximum Gasteiger partial charge on any atom is 0.303 e. The van der Waals surface area contributed by atoms with Crippen molar-refractivity contribution in [2.75, 3.05) is 13.1 Å². The van der Waals surface area contributed by atoms with Gasteiger partial charge in [-0.2, -0.15) is 0 Å². The molecule has 1 amide bonds. The van der Waals surface area contributed by atoms with Crippen molar-refractivity contribution in [2.45, 2.75) is 53.4 Å². The molecular formula is C15H30N2O3. The average Bonchev–Trinajstić information content (AvgIpc) is 2.37. The number of carbonyl (C=O) groups is 2. The quantitative estimate of drug-likeness (QED) is 0.572. The maximum absolute atomic E-state index is 12.3. The first-order chi connectivity index (χ1) is 9.31. The largest absolute Gasteiger partial charge is 0.481 e. The summed E-state index contributed by atoms with van der Waals surface area (Å²) >= 11 is 0.